The largest absolute Gasteiger partial charge is 0.400 e. The van der Waals surface area contributed by atoms with Crippen LogP contribution in [0, 0.1) is 0 Å². The van der Waals surface area contributed by atoms with Crippen molar-refractivity contribution in [1.82, 2.24) is 0 Å². The van der Waals surface area contributed by atoms with Gasteiger partial charge < -0.3 is 9.90 Å². The van der Waals surface area contributed by atoms with Gasteiger partial charge in [-0.3, -0.25) is 0 Å². The van der Waals surface area contributed by atoms with Crippen LogP contribution in [0.4, 0.5) is 0 Å². The van der Waals surface area contributed by atoms with E-state index in [0.29, 0.717) is 5.78 Å². The molecule has 0 aliphatic carbocycles. The van der Waals surface area contributed by atoms with Crippen molar-refractivity contribution < 1.29 is 9.90 Å². The lowest BCUT2D eigenvalue weighted by atomic mass is 10.1. The molecule has 0 aliphatic heterocycles. The Morgan fingerprint density at radius 3 is 2.09 bits per heavy atom. The number of aliphatic hydroxyl groups excluding tert-OH is 1. The first-order chi connectivity index (χ1) is 5.27. The molecule has 0 heterocycles. The molecule has 0 aromatic carbocycles. The maximum Gasteiger partial charge on any atom is 0.129 e. The lowest BCUT2D eigenvalue weighted by molar-refractivity contribution is -0.117. The topological polar surface area (TPSA) is 37.3 Å². The number of hydrogen-bond donors (Lipinski definition) is 1. The molecule has 0 saturated heterocycles. The van der Waals surface area contributed by atoms with Gasteiger partial charge in [-0.25, -0.2) is 0 Å². The monoisotopic (exact) mass is 160 g/mol. The Kier molecular flexibility index (Phi) is 14.8. The normalized spacial score (nSPS) is 8.36. The van der Waals surface area contributed by atoms with Crippen LogP contribution >= 0.6 is 0 Å². The second-order valence-electron chi connectivity index (χ2n) is 2.51. The minimum absolute atomic E-state index is 0.325. The third-order valence-corrected chi connectivity index (χ3v) is 1.38. The molecule has 11 heavy (non-hydrogen) atoms. The summed E-state index contributed by atoms with van der Waals surface area (Å²) in [5, 5.41) is 7.00. The van der Waals surface area contributed by atoms with E-state index in [1.54, 1.807) is 6.92 Å². The van der Waals surface area contributed by atoms with Crippen LogP contribution in [-0.4, -0.2) is 18.0 Å². The Morgan fingerprint density at radius 2 is 1.73 bits per heavy atom. The summed E-state index contributed by atoms with van der Waals surface area (Å²) >= 11 is 0. The third kappa shape index (κ3) is 17.7. The number of unbranched alkanes of at least 4 members (excludes halogenated alkanes) is 3. The van der Waals surface area contributed by atoms with Gasteiger partial charge in [0.15, 0.2) is 0 Å². The average molecular weight is 160 g/mol. The number of rotatable bonds is 5. The van der Waals surface area contributed by atoms with Gasteiger partial charge in [-0.1, -0.05) is 26.2 Å². The first-order valence-corrected chi connectivity index (χ1v) is 4.21. The van der Waals surface area contributed by atoms with E-state index in [1.807, 2.05) is 0 Å². The molecule has 0 aromatic rings. The molecular formula is C9H20O2. The Morgan fingerprint density at radius 1 is 1.18 bits per heavy atom. The predicted octanol–water partition coefficient (Wildman–Crippen LogP) is 2.15. The summed E-state index contributed by atoms with van der Waals surface area (Å²) in [7, 11) is 1.00. The van der Waals surface area contributed by atoms with E-state index < -0.39 is 0 Å². The van der Waals surface area contributed by atoms with Gasteiger partial charge >= 0.3 is 0 Å². The van der Waals surface area contributed by atoms with Crippen molar-refractivity contribution in [3.05, 3.63) is 0 Å². The van der Waals surface area contributed by atoms with E-state index in [2.05, 4.69) is 6.92 Å². The van der Waals surface area contributed by atoms with Crippen LogP contribution in [0.2, 0.25) is 0 Å². The summed E-state index contributed by atoms with van der Waals surface area (Å²) in [6.45, 7) is 3.83. The molecule has 0 fully saturated rings. The first-order valence-electron chi connectivity index (χ1n) is 4.21. The van der Waals surface area contributed by atoms with Gasteiger partial charge in [0, 0.05) is 13.5 Å². The quantitative estimate of drug-likeness (QED) is 0.626. The fourth-order valence-electron chi connectivity index (χ4n) is 0.801. The number of carbonyl (C=O) groups excluding carboxylic acids is 1. The van der Waals surface area contributed by atoms with Gasteiger partial charge in [-0.2, -0.15) is 0 Å². The molecule has 0 atom stereocenters. The highest BCUT2D eigenvalue weighted by Gasteiger charge is 1.91. The summed E-state index contributed by atoms with van der Waals surface area (Å²) in [6.07, 6.45) is 5.60. The highest BCUT2D eigenvalue weighted by Crippen LogP contribution is 2.01. The van der Waals surface area contributed by atoms with Crippen LogP contribution < -0.4 is 0 Å². The standard InChI is InChI=1S/C8H16O.CH4O/c1-3-4-5-6-7-8(2)9;1-2/h3-7H2,1-2H3;2H,1H3. The van der Waals surface area contributed by atoms with Gasteiger partial charge in [0.2, 0.25) is 0 Å². The van der Waals surface area contributed by atoms with Crippen molar-refractivity contribution in [3.63, 3.8) is 0 Å². The minimum atomic E-state index is 0.325. The maximum atomic E-state index is 10.4. The number of aliphatic hydroxyl groups is 1. The summed E-state index contributed by atoms with van der Waals surface area (Å²) in [6, 6.07) is 0. The molecule has 0 bridgehead atoms. The van der Waals surface area contributed by atoms with Gasteiger partial charge in [0.1, 0.15) is 5.78 Å². The van der Waals surface area contributed by atoms with E-state index in [9.17, 15) is 4.79 Å². The molecule has 68 valence electrons. The molecule has 0 amide bonds. The van der Waals surface area contributed by atoms with E-state index >= 15 is 0 Å². The highest BCUT2D eigenvalue weighted by atomic mass is 16.2. The van der Waals surface area contributed by atoms with Crippen LogP contribution in [-0.2, 0) is 4.79 Å². The Bertz CT molecular complexity index is 79.6. The Balaban J connectivity index is 0. The van der Waals surface area contributed by atoms with Gasteiger partial charge in [-0.15, -0.1) is 0 Å². The van der Waals surface area contributed by atoms with Crippen LogP contribution in [0.3, 0.4) is 0 Å². The average Bonchev–Trinajstić information content (AvgIpc) is 2.02. The lowest BCUT2D eigenvalue weighted by Gasteiger charge is -1.93. The van der Waals surface area contributed by atoms with Crippen molar-refractivity contribution >= 4 is 5.78 Å². The molecule has 0 aromatic heterocycles. The minimum Gasteiger partial charge on any atom is -0.400 e. The van der Waals surface area contributed by atoms with E-state index in [0.717, 1.165) is 20.0 Å². The van der Waals surface area contributed by atoms with Crippen LogP contribution in [0.25, 0.3) is 0 Å². The molecule has 0 rings (SSSR count). The smallest absolute Gasteiger partial charge is 0.129 e. The van der Waals surface area contributed by atoms with Gasteiger partial charge in [-0.05, 0) is 13.3 Å². The zero-order valence-electron chi connectivity index (χ0n) is 7.89. The molecule has 0 aliphatic rings. The first kappa shape index (κ1) is 13.2. The Hall–Kier alpha value is -0.370. The Labute approximate surface area is 69.6 Å². The lowest BCUT2D eigenvalue weighted by Crippen LogP contribution is -1.88. The van der Waals surface area contributed by atoms with Gasteiger partial charge in [0.25, 0.3) is 0 Å². The SMILES string of the molecule is CCCCCCC(C)=O.CO. The molecule has 2 nitrogen and oxygen atoms in total. The molecule has 0 spiro atoms. The van der Waals surface area contributed by atoms with Crippen molar-refractivity contribution in [1.29, 1.82) is 0 Å². The van der Waals surface area contributed by atoms with Crippen LogP contribution in [0.1, 0.15) is 46.0 Å². The predicted molar refractivity (Wildman–Crippen MR) is 47.6 cm³/mol. The molecule has 0 saturated carbocycles. The summed E-state index contributed by atoms with van der Waals surface area (Å²) in [5.74, 6) is 0.325. The number of hydrogen-bond acceptors (Lipinski definition) is 2. The number of carbonyl (C=O) groups is 1. The van der Waals surface area contributed by atoms with E-state index in [1.165, 1.54) is 19.3 Å². The second kappa shape index (κ2) is 12.3. The molecular weight excluding hydrogens is 140 g/mol. The zero-order chi connectivity index (χ0) is 9.11. The van der Waals surface area contributed by atoms with Crippen molar-refractivity contribution in [2.75, 3.05) is 7.11 Å². The van der Waals surface area contributed by atoms with Crippen LogP contribution in [0.5, 0.6) is 0 Å². The second-order valence-corrected chi connectivity index (χ2v) is 2.51. The molecule has 2 heteroatoms. The van der Waals surface area contributed by atoms with E-state index in [-0.39, 0.29) is 0 Å². The fraction of sp³-hybridized carbons (Fsp3) is 0.889. The van der Waals surface area contributed by atoms with Crippen molar-refractivity contribution in [2.45, 2.75) is 46.0 Å². The number of ketones is 1. The summed E-state index contributed by atoms with van der Waals surface area (Å²) in [4.78, 5) is 10.4. The van der Waals surface area contributed by atoms with Crippen molar-refractivity contribution in [3.8, 4) is 0 Å². The summed E-state index contributed by atoms with van der Waals surface area (Å²) < 4.78 is 0. The number of Topliss-reactive ketones (excluding diaryl/α,β-unsaturated/α-hetero) is 1. The fourth-order valence-corrected chi connectivity index (χ4v) is 0.801. The zero-order valence-corrected chi connectivity index (χ0v) is 7.89. The van der Waals surface area contributed by atoms with Gasteiger partial charge in [0.05, 0.1) is 0 Å². The van der Waals surface area contributed by atoms with E-state index in [4.69, 9.17) is 5.11 Å². The summed E-state index contributed by atoms with van der Waals surface area (Å²) in [5.41, 5.74) is 0. The molecule has 0 radical (unpaired) electrons. The third-order valence-electron chi connectivity index (χ3n) is 1.38. The highest BCUT2D eigenvalue weighted by molar-refractivity contribution is 5.75. The molecule has 1 N–H and O–H groups in total. The van der Waals surface area contributed by atoms with Crippen LogP contribution in [0.15, 0.2) is 0 Å². The maximum absolute atomic E-state index is 10.4. The van der Waals surface area contributed by atoms with Crippen molar-refractivity contribution in [2.24, 2.45) is 0 Å². The molecule has 0 unspecified atom stereocenters.